The van der Waals surface area contributed by atoms with Gasteiger partial charge in [0.25, 0.3) is 5.91 Å². The first-order valence-electron chi connectivity index (χ1n) is 7.31. The van der Waals surface area contributed by atoms with Crippen LogP contribution in [0.25, 0.3) is 0 Å². The topological polar surface area (TPSA) is 66.5 Å². The molecular weight excluding hydrogens is 392 g/mol. The fourth-order valence-electron chi connectivity index (χ4n) is 2.10. The Labute approximate surface area is 150 Å². The highest BCUT2D eigenvalue weighted by molar-refractivity contribution is 9.10. The lowest BCUT2D eigenvalue weighted by Crippen LogP contribution is -2.27. The Balaban J connectivity index is 2.11. The molecule has 0 saturated carbocycles. The van der Waals surface area contributed by atoms with Crippen LogP contribution in [0.4, 0.5) is 0 Å². The lowest BCUT2D eigenvalue weighted by Gasteiger charge is -2.15. The van der Waals surface area contributed by atoms with Crippen molar-refractivity contribution in [2.24, 2.45) is 0 Å². The van der Waals surface area contributed by atoms with Gasteiger partial charge in [-0.05, 0) is 48.9 Å². The molecule has 2 aromatic rings. The van der Waals surface area contributed by atoms with Crippen molar-refractivity contribution in [2.45, 2.75) is 17.9 Å². The van der Waals surface area contributed by atoms with Gasteiger partial charge in [0.1, 0.15) is 0 Å². The molecular formula is C17H19BrN2O3S. The molecule has 7 heteroatoms. The minimum atomic E-state index is -3.49. The summed E-state index contributed by atoms with van der Waals surface area (Å²) in [4.78, 5) is 12.5. The molecule has 0 unspecified atom stereocenters. The van der Waals surface area contributed by atoms with Gasteiger partial charge in [-0.1, -0.05) is 28.1 Å². The highest BCUT2D eigenvalue weighted by atomic mass is 79.9. The molecule has 1 N–H and O–H groups in total. The fraction of sp³-hybridized carbons (Fsp3) is 0.235. The summed E-state index contributed by atoms with van der Waals surface area (Å²) in [5.74, 6) is -0.251. The van der Waals surface area contributed by atoms with Gasteiger partial charge in [-0.2, -0.15) is 0 Å². The third-order valence-electron chi connectivity index (χ3n) is 3.61. The number of sulfonamides is 1. The smallest absolute Gasteiger partial charge is 0.251 e. The zero-order valence-electron chi connectivity index (χ0n) is 13.7. The molecule has 2 rings (SSSR count). The second kappa shape index (κ2) is 7.46. The van der Waals surface area contributed by atoms with E-state index in [-0.39, 0.29) is 16.8 Å². The van der Waals surface area contributed by atoms with Crippen LogP contribution in [0.5, 0.6) is 0 Å². The number of hydrogen-bond acceptors (Lipinski definition) is 3. The average molecular weight is 411 g/mol. The molecule has 0 aromatic heterocycles. The van der Waals surface area contributed by atoms with E-state index in [0.29, 0.717) is 5.56 Å². The van der Waals surface area contributed by atoms with Gasteiger partial charge in [-0.25, -0.2) is 12.7 Å². The molecule has 0 aliphatic rings. The van der Waals surface area contributed by atoms with Crippen LogP contribution in [-0.4, -0.2) is 32.7 Å². The molecule has 24 heavy (non-hydrogen) atoms. The van der Waals surface area contributed by atoms with Gasteiger partial charge in [0, 0.05) is 24.1 Å². The predicted molar refractivity (Wildman–Crippen MR) is 97.3 cm³/mol. The largest absolute Gasteiger partial charge is 0.346 e. The lowest BCUT2D eigenvalue weighted by atomic mass is 10.1. The van der Waals surface area contributed by atoms with Crippen molar-refractivity contribution in [2.75, 3.05) is 14.1 Å². The Morgan fingerprint density at radius 3 is 2.08 bits per heavy atom. The molecule has 0 bridgehead atoms. The highest BCUT2D eigenvalue weighted by Crippen LogP contribution is 2.18. The normalized spacial score (nSPS) is 12.9. The SMILES string of the molecule is C[C@H](NC(=O)c1ccc(S(=O)(=O)N(C)C)cc1)c1ccc(Br)cc1. The van der Waals surface area contributed by atoms with E-state index >= 15 is 0 Å². The number of hydrogen-bond donors (Lipinski definition) is 1. The number of benzene rings is 2. The first kappa shape index (κ1) is 18.6. The van der Waals surface area contributed by atoms with Gasteiger partial charge in [-0.3, -0.25) is 4.79 Å². The summed E-state index contributed by atoms with van der Waals surface area (Å²) in [7, 11) is -0.556. The zero-order chi connectivity index (χ0) is 17.9. The Morgan fingerprint density at radius 2 is 1.58 bits per heavy atom. The van der Waals surface area contributed by atoms with E-state index in [9.17, 15) is 13.2 Å². The third kappa shape index (κ3) is 4.23. The lowest BCUT2D eigenvalue weighted by molar-refractivity contribution is 0.0940. The van der Waals surface area contributed by atoms with Gasteiger partial charge in [0.05, 0.1) is 10.9 Å². The maximum Gasteiger partial charge on any atom is 0.251 e. The monoisotopic (exact) mass is 410 g/mol. The number of nitrogens with one attached hydrogen (secondary N) is 1. The molecule has 128 valence electrons. The van der Waals surface area contributed by atoms with Crippen LogP contribution in [0.1, 0.15) is 28.9 Å². The molecule has 1 atom stereocenters. The van der Waals surface area contributed by atoms with Gasteiger partial charge < -0.3 is 5.32 Å². The van der Waals surface area contributed by atoms with Crippen molar-refractivity contribution >= 4 is 31.9 Å². The Bertz CT molecular complexity index is 816. The van der Waals surface area contributed by atoms with E-state index in [2.05, 4.69) is 21.2 Å². The van der Waals surface area contributed by atoms with Gasteiger partial charge in [0.15, 0.2) is 0 Å². The summed E-state index contributed by atoms with van der Waals surface area (Å²) >= 11 is 3.38. The van der Waals surface area contributed by atoms with Crippen molar-refractivity contribution in [1.29, 1.82) is 0 Å². The molecule has 1 amide bonds. The first-order chi connectivity index (χ1) is 11.2. The van der Waals surface area contributed by atoms with Crippen LogP contribution in [0.3, 0.4) is 0 Å². The van der Waals surface area contributed by atoms with E-state index in [4.69, 9.17) is 0 Å². The minimum absolute atomic E-state index is 0.157. The molecule has 0 fully saturated rings. The van der Waals surface area contributed by atoms with Crippen LogP contribution in [0.2, 0.25) is 0 Å². The van der Waals surface area contributed by atoms with Gasteiger partial charge >= 0.3 is 0 Å². The third-order valence-corrected chi connectivity index (χ3v) is 5.97. The molecule has 5 nitrogen and oxygen atoms in total. The summed E-state index contributed by atoms with van der Waals surface area (Å²) in [6.07, 6.45) is 0. The molecule has 0 spiro atoms. The zero-order valence-corrected chi connectivity index (χ0v) is 16.1. The number of rotatable bonds is 5. The van der Waals surface area contributed by atoms with E-state index in [0.717, 1.165) is 14.3 Å². The van der Waals surface area contributed by atoms with Crippen molar-refractivity contribution in [3.8, 4) is 0 Å². The Kier molecular flexibility index (Phi) is 5.79. The summed E-state index contributed by atoms with van der Waals surface area (Å²) in [5, 5.41) is 2.90. The van der Waals surface area contributed by atoms with Crippen LogP contribution in [-0.2, 0) is 10.0 Å². The number of carbonyl (C=O) groups excluding carboxylic acids is 1. The molecule has 2 aromatic carbocycles. The van der Waals surface area contributed by atoms with Crippen molar-refractivity contribution < 1.29 is 13.2 Å². The predicted octanol–water partition coefficient (Wildman–Crippen LogP) is 3.19. The fourth-order valence-corrected chi connectivity index (χ4v) is 3.27. The quantitative estimate of drug-likeness (QED) is 0.822. The molecule has 0 heterocycles. The number of carbonyl (C=O) groups is 1. The van der Waals surface area contributed by atoms with Crippen LogP contribution >= 0.6 is 15.9 Å². The second-order valence-corrected chi connectivity index (χ2v) is 8.63. The van der Waals surface area contributed by atoms with E-state index in [1.165, 1.54) is 38.4 Å². The van der Waals surface area contributed by atoms with E-state index < -0.39 is 10.0 Å². The van der Waals surface area contributed by atoms with Crippen molar-refractivity contribution in [3.63, 3.8) is 0 Å². The second-order valence-electron chi connectivity index (χ2n) is 5.56. The summed E-state index contributed by atoms with van der Waals surface area (Å²) in [6.45, 7) is 1.89. The van der Waals surface area contributed by atoms with Crippen molar-refractivity contribution in [1.82, 2.24) is 9.62 Å². The van der Waals surface area contributed by atoms with Crippen LogP contribution in [0, 0.1) is 0 Å². The molecule has 0 aliphatic heterocycles. The maximum absolute atomic E-state index is 12.3. The first-order valence-corrected chi connectivity index (χ1v) is 9.54. The van der Waals surface area contributed by atoms with Crippen LogP contribution < -0.4 is 5.32 Å². The van der Waals surface area contributed by atoms with E-state index in [1.54, 1.807) is 0 Å². The van der Waals surface area contributed by atoms with Crippen molar-refractivity contribution in [3.05, 3.63) is 64.1 Å². The minimum Gasteiger partial charge on any atom is -0.346 e. The number of nitrogens with zero attached hydrogens (tertiary/aromatic N) is 1. The van der Waals surface area contributed by atoms with Gasteiger partial charge in [-0.15, -0.1) is 0 Å². The average Bonchev–Trinajstić information content (AvgIpc) is 2.55. The maximum atomic E-state index is 12.3. The van der Waals surface area contributed by atoms with Gasteiger partial charge in [0.2, 0.25) is 10.0 Å². The molecule has 0 aliphatic carbocycles. The van der Waals surface area contributed by atoms with Crippen LogP contribution in [0.15, 0.2) is 57.9 Å². The Morgan fingerprint density at radius 1 is 1.04 bits per heavy atom. The number of amides is 1. The molecule has 0 radical (unpaired) electrons. The molecule has 0 saturated heterocycles. The highest BCUT2D eigenvalue weighted by Gasteiger charge is 2.18. The van der Waals surface area contributed by atoms with E-state index in [1.807, 2.05) is 31.2 Å². The number of halogens is 1. The standard InChI is InChI=1S/C17H19BrN2O3S/c1-12(13-4-8-15(18)9-5-13)19-17(21)14-6-10-16(11-7-14)24(22,23)20(2)3/h4-12H,1-3H3,(H,19,21)/t12-/m0/s1. The summed E-state index contributed by atoms with van der Waals surface area (Å²) < 4.78 is 26.2. The Hall–Kier alpha value is -1.70. The summed E-state index contributed by atoms with van der Waals surface area (Å²) in [6, 6.07) is 13.4. The summed E-state index contributed by atoms with van der Waals surface area (Å²) in [5.41, 5.74) is 1.40.